The summed E-state index contributed by atoms with van der Waals surface area (Å²) in [6.45, 7) is 11.9. The Morgan fingerprint density at radius 2 is 1.39 bits per heavy atom. The smallest absolute Gasteiger partial charge is 0.339 e. The van der Waals surface area contributed by atoms with Gasteiger partial charge in [-0.05, 0) is 73.2 Å². The zero-order valence-electron chi connectivity index (χ0n) is 39.6. The molecule has 0 radical (unpaired) electrons. The molecule has 7 rings (SSSR count). The van der Waals surface area contributed by atoms with Crippen molar-refractivity contribution in [2.75, 3.05) is 35.0 Å². The summed E-state index contributed by atoms with van der Waals surface area (Å²) in [4.78, 5) is 42.5. The van der Waals surface area contributed by atoms with Crippen LogP contribution in [0.5, 0.6) is 23.0 Å². The highest BCUT2D eigenvalue weighted by atomic mass is 16.7. The van der Waals surface area contributed by atoms with Gasteiger partial charge in [-0.25, -0.2) is 9.59 Å². The van der Waals surface area contributed by atoms with Crippen molar-refractivity contribution in [1.29, 1.82) is 0 Å². The highest BCUT2D eigenvalue weighted by Crippen LogP contribution is 2.48. The number of fused-ring (bicyclic) bond motifs is 2. The molecule has 1 aliphatic carbocycles. The number of rotatable bonds is 10. The van der Waals surface area contributed by atoms with Gasteiger partial charge in [0.1, 0.15) is 52.8 Å². The molecule has 2 aromatic carbocycles. The third-order valence-corrected chi connectivity index (χ3v) is 13.6. The van der Waals surface area contributed by atoms with Crippen LogP contribution in [0.4, 0.5) is 0 Å². The summed E-state index contributed by atoms with van der Waals surface area (Å²) < 4.78 is 60.6. The molecule has 14 heteroatoms. The van der Waals surface area contributed by atoms with E-state index in [4.69, 9.17) is 47.4 Å². The minimum atomic E-state index is -2.01. The van der Waals surface area contributed by atoms with Gasteiger partial charge in [0.15, 0.2) is 11.9 Å². The molecule has 12 atom stereocenters. The Balaban J connectivity index is 1.29. The quantitative estimate of drug-likeness (QED) is 0.138. The van der Waals surface area contributed by atoms with E-state index in [0.29, 0.717) is 47.0 Å². The standard InChI is InChI=1S/C52H64O14/c1-11-29(2)45-32(5)17-18-51(66-45)27-42-24-37(65-51)16-15-31(4)44(63-48(53)34-20-38(57-7)25-39(21-34)58-8)30(3)13-12-14-36-28-61-47-46(33(6)19-43(50(55)62-42)52(36,47)56)64-49(54)35-22-40(59-9)26-41(23-35)60-10/h12-15,17-23,25-26,29-30,32,37,42-47,56H,11,16,24,27-28H2,1-10H3/b13-12+,31-15+,36-14+/t29-,30-,32-,37+,42-,43-,44-,45+,46+,47+,51+,52+/m0/s1. The molecule has 0 unspecified atom stereocenters. The molecule has 356 valence electrons. The van der Waals surface area contributed by atoms with E-state index in [0.717, 1.165) is 12.0 Å². The molecule has 1 spiro atoms. The lowest BCUT2D eigenvalue weighted by Gasteiger charge is -2.48. The van der Waals surface area contributed by atoms with E-state index in [1.807, 2.05) is 32.1 Å². The SMILES string of the molecule is CC[C@H](C)[C@H]1O[C@]2(C=C[C@@H]1C)C[C@@H]1C[C@@H](C/C=C(\C)[C@@H](OC(=O)c3cc(OC)cc(OC)c3)[C@@H](C)/C=C/C=C3\CO[C@@H]4[C@H](OC(=O)c5cc(OC)cc(OC)c5)C(C)=C[C@@H](C(=O)O1)[C@]34O)O2. The van der Waals surface area contributed by atoms with E-state index in [9.17, 15) is 19.5 Å². The average Bonchev–Trinajstić information content (AvgIpc) is 3.66. The van der Waals surface area contributed by atoms with Gasteiger partial charge in [0.05, 0.1) is 58.4 Å². The predicted molar refractivity (Wildman–Crippen MR) is 244 cm³/mol. The molecule has 5 aliphatic rings. The first-order valence-corrected chi connectivity index (χ1v) is 22.8. The topological polar surface area (TPSA) is 164 Å². The molecule has 2 aromatic rings. The fourth-order valence-corrected chi connectivity index (χ4v) is 9.70. The Morgan fingerprint density at radius 1 is 0.803 bits per heavy atom. The van der Waals surface area contributed by atoms with Crippen LogP contribution in [0.3, 0.4) is 0 Å². The maximum atomic E-state index is 14.8. The highest BCUT2D eigenvalue weighted by molar-refractivity contribution is 5.91. The first-order chi connectivity index (χ1) is 31.5. The molecule has 0 saturated carbocycles. The van der Waals surface area contributed by atoms with Crippen LogP contribution in [0, 0.1) is 23.7 Å². The van der Waals surface area contributed by atoms with Crippen LogP contribution in [0.25, 0.3) is 0 Å². The maximum absolute atomic E-state index is 14.8. The van der Waals surface area contributed by atoms with Crippen molar-refractivity contribution in [3.05, 3.63) is 107 Å². The van der Waals surface area contributed by atoms with Gasteiger partial charge in [-0.2, -0.15) is 0 Å². The van der Waals surface area contributed by atoms with E-state index in [2.05, 4.69) is 26.8 Å². The lowest BCUT2D eigenvalue weighted by atomic mass is 9.70. The average molecular weight is 913 g/mol. The molecule has 4 aliphatic heterocycles. The summed E-state index contributed by atoms with van der Waals surface area (Å²) in [6, 6.07) is 9.56. The Bertz CT molecular complexity index is 2250. The van der Waals surface area contributed by atoms with Crippen molar-refractivity contribution in [3.8, 4) is 23.0 Å². The summed E-state index contributed by atoms with van der Waals surface area (Å²) >= 11 is 0. The minimum Gasteiger partial charge on any atom is -0.497 e. The van der Waals surface area contributed by atoms with Gasteiger partial charge >= 0.3 is 17.9 Å². The van der Waals surface area contributed by atoms with Gasteiger partial charge in [0, 0.05) is 36.8 Å². The van der Waals surface area contributed by atoms with Crippen molar-refractivity contribution in [2.24, 2.45) is 23.7 Å². The lowest BCUT2D eigenvalue weighted by Crippen LogP contribution is -2.59. The van der Waals surface area contributed by atoms with Crippen molar-refractivity contribution < 1.29 is 66.9 Å². The number of aliphatic hydroxyl groups is 1. The molecule has 0 aromatic heterocycles. The fraction of sp³-hybridized carbons (Fsp3) is 0.519. The van der Waals surface area contributed by atoms with E-state index < -0.39 is 71.7 Å². The number of benzene rings is 2. The molecule has 14 nitrogen and oxygen atoms in total. The van der Waals surface area contributed by atoms with E-state index in [1.165, 1.54) is 40.6 Å². The summed E-state index contributed by atoms with van der Waals surface area (Å²) in [5.41, 5.74) is 0.0416. The monoisotopic (exact) mass is 912 g/mol. The van der Waals surface area contributed by atoms with Crippen molar-refractivity contribution >= 4 is 17.9 Å². The van der Waals surface area contributed by atoms with E-state index in [1.54, 1.807) is 49.4 Å². The second-order valence-electron chi connectivity index (χ2n) is 18.2. The summed E-state index contributed by atoms with van der Waals surface area (Å²) in [5.74, 6) is -2.80. The normalized spacial score (nSPS) is 34.5. The third kappa shape index (κ3) is 9.97. The van der Waals surface area contributed by atoms with Crippen LogP contribution in [-0.2, 0) is 33.2 Å². The molecule has 2 saturated heterocycles. The zero-order valence-corrected chi connectivity index (χ0v) is 39.6. The van der Waals surface area contributed by atoms with Crippen LogP contribution in [0.2, 0.25) is 0 Å². The number of allylic oxidation sites excluding steroid dienone is 2. The molecule has 4 heterocycles. The molecule has 0 amide bonds. The summed E-state index contributed by atoms with van der Waals surface area (Å²) in [6.07, 6.45) is 10.5. The number of esters is 3. The summed E-state index contributed by atoms with van der Waals surface area (Å²) in [5, 5.41) is 13.1. The second kappa shape index (κ2) is 20.2. The van der Waals surface area contributed by atoms with Gasteiger partial charge in [-0.1, -0.05) is 70.6 Å². The van der Waals surface area contributed by atoms with Crippen molar-refractivity contribution in [3.63, 3.8) is 0 Å². The molecular weight excluding hydrogens is 849 g/mol. The van der Waals surface area contributed by atoms with Crippen molar-refractivity contribution in [2.45, 2.75) is 115 Å². The highest BCUT2D eigenvalue weighted by Gasteiger charge is 2.61. The first-order valence-electron chi connectivity index (χ1n) is 22.8. The lowest BCUT2D eigenvalue weighted by molar-refractivity contribution is -0.300. The third-order valence-electron chi connectivity index (χ3n) is 13.6. The molecular formula is C52H64O14. The molecule has 66 heavy (non-hydrogen) atoms. The molecule has 1 N–H and O–H groups in total. The Hall–Kier alpha value is -5.41. The van der Waals surface area contributed by atoms with Crippen molar-refractivity contribution in [1.82, 2.24) is 0 Å². The predicted octanol–water partition coefficient (Wildman–Crippen LogP) is 8.07. The molecule has 2 bridgehead atoms. The van der Waals surface area contributed by atoms with Crippen LogP contribution >= 0.6 is 0 Å². The number of carbonyl (C=O) groups excluding carboxylic acids is 3. The van der Waals surface area contributed by atoms with Gasteiger partial charge in [-0.15, -0.1) is 0 Å². The molecule has 2 fully saturated rings. The summed E-state index contributed by atoms with van der Waals surface area (Å²) in [7, 11) is 5.98. The van der Waals surface area contributed by atoms with E-state index >= 15 is 0 Å². The van der Waals surface area contributed by atoms with Crippen LogP contribution in [0.1, 0.15) is 87.9 Å². The first kappa shape index (κ1) is 48.5. The largest absolute Gasteiger partial charge is 0.497 e. The van der Waals surface area contributed by atoms with Crippen LogP contribution in [-0.4, -0.2) is 106 Å². The number of hydrogen-bond donors (Lipinski definition) is 1. The Labute approximate surface area is 387 Å². The number of ether oxygens (including phenoxy) is 10. The number of carbonyl (C=O) groups is 3. The number of methoxy groups -OCH3 is 4. The minimum absolute atomic E-state index is 0.0862. The fourth-order valence-electron chi connectivity index (χ4n) is 9.70. The Kier molecular flexibility index (Phi) is 14.9. The maximum Gasteiger partial charge on any atom is 0.339 e. The van der Waals surface area contributed by atoms with Crippen LogP contribution in [0.15, 0.2) is 95.6 Å². The second-order valence-corrected chi connectivity index (χ2v) is 18.2. The van der Waals surface area contributed by atoms with Crippen LogP contribution < -0.4 is 18.9 Å². The van der Waals surface area contributed by atoms with E-state index in [-0.39, 0.29) is 42.1 Å². The van der Waals surface area contributed by atoms with Gasteiger partial charge in [0.25, 0.3) is 0 Å². The Morgan fingerprint density at radius 3 is 1.97 bits per heavy atom. The van der Waals surface area contributed by atoms with Gasteiger partial charge < -0.3 is 52.5 Å². The zero-order chi connectivity index (χ0) is 47.5. The van der Waals surface area contributed by atoms with Gasteiger partial charge in [-0.3, -0.25) is 4.79 Å². The van der Waals surface area contributed by atoms with Gasteiger partial charge in [0.2, 0.25) is 0 Å². The number of hydrogen-bond acceptors (Lipinski definition) is 14.